The van der Waals surface area contributed by atoms with E-state index in [1.54, 1.807) is 6.20 Å². The van der Waals surface area contributed by atoms with Crippen LogP contribution in [0.2, 0.25) is 0 Å². The molecule has 1 saturated heterocycles. The number of hydrogen-bond acceptors (Lipinski definition) is 8. The zero-order chi connectivity index (χ0) is 28.6. The van der Waals surface area contributed by atoms with Crippen molar-refractivity contribution in [3.05, 3.63) is 40.7 Å². The molecule has 1 aromatic carbocycles. The van der Waals surface area contributed by atoms with E-state index in [4.69, 9.17) is 10.5 Å². The number of thiophene rings is 1. The van der Waals surface area contributed by atoms with E-state index >= 15 is 4.39 Å². The lowest BCUT2D eigenvalue weighted by Gasteiger charge is -2.24. The average molecular weight is 569 g/mol. The molecule has 11 heteroatoms. The number of aromatic nitrogens is 3. The summed E-state index contributed by atoms with van der Waals surface area (Å²) in [5.74, 6) is -0.231. The van der Waals surface area contributed by atoms with Crippen molar-refractivity contribution in [2.75, 3.05) is 23.9 Å². The van der Waals surface area contributed by atoms with Gasteiger partial charge >= 0.3 is 0 Å². The number of nitriles is 1. The second-order valence-corrected chi connectivity index (χ2v) is 11.3. The van der Waals surface area contributed by atoms with Gasteiger partial charge in [-0.2, -0.15) is 5.26 Å². The van der Waals surface area contributed by atoms with Gasteiger partial charge in [0.25, 0.3) is 0 Å². The van der Waals surface area contributed by atoms with Crippen LogP contribution in [0, 0.1) is 28.9 Å². The van der Waals surface area contributed by atoms with Crippen molar-refractivity contribution in [3.63, 3.8) is 0 Å². The van der Waals surface area contributed by atoms with Crippen LogP contribution in [0.15, 0.2) is 12.4 Å². The molecule has 2 aliphatic rings. The molecule has 2 aliphatic heterocycles. The van der Waals surface area contributed by atoms with Gasteiger partial charge in [-0.05, 0) is 36.8 Å². The molecular weight excluding hydrogens is 537 g/mol. The molecule has 0 spiro atoms. The predicted octanol–water partition coefficient (Wildman–Crippen LogP) is 7.05. The number of anilines is 2. The topological polar surface area (TPSA) is 101 Å². The molecule has 40 heavy (non-hydrogen) atoms. The van der Waals surface area contributed by atoms with E-state index in [0.29, 0.717) is 22.8 Å². The number of unbranched alkanes of at least 4 members (excludes halogenated alkanes) is 2. The van der Waals surface area contributed by atoms with Gasteiger partial charge in [0, 0.05) is 35.1 Å². The van der Waals surface area contributed by atoms with Gasteiger partial charge in [-0.1, -0.05) is 26.7 Å². The van der Waals surface area contributed by atoms with E-state index in [-0.39, 0.29) is 63.4 Å². The smallest absolute Gasteiger partial charge is 0.226 e. The van der Waals surface area contributed by atoms with Crippen LogP contribution in [-0.2, 0) is 18.0 Å². The first-order valence-corrected chi connectivity index (χ1v) is 14.3. The monoisotopic (exact) mass is 568 g/mol. The first-order valence-electron chi connectivity index (χ1n) is 13.5. The maximum absolute atomic E-state index is 16.3. The van der Waals surface area contributed by atoms with Gasteiger partial charge in [0.2, 0.25) is 5.95 Å². The van der Waals surface area contributed by atoms with E-state index in [1.807, 2.05) is 6.07 Å². The Morgan fingerprint density at radius 3 is 2.60 bits per heavy atom. The van der Waals surface area contributed by atoms with Crippen LogP contribution < -0.4 is 10.6 Å². The van der Waals surface area contributed by atoms with Crippen LogP contribution in [0.1, 0.15) is 63.1 Å². The number of rotatable bonds is 5. The van der Waals surface area contributed by atoms with Gasteiger partial charge in [0.15, 0.2) is 11.6 Å². The molecule has 5 heterocycles. The summed E-state index contributed by atoms with van der Waals surface area (Å²) >= 11 is 0.955. The number of nitrogens with two attached hydrogens (primary N) is 1. The second kappa shape index (κ2) is 11.6. The summed E-state index contributed by atoms with van der Waals surface area (Å²) in [7, 11) is 0. The lowest BCUT2D eigenvalue weighted by atomic mass is 9.94. The maximum Gasteiger partial charge on any atom is 0.226 e. The van der Waals surface area contributed by atoms with Crippen molar-refractivity contribution in [1.82, 2.24) is 15.0 Å². The van der Waals surface area contributed by atoms with Gasteiger partial charge in [-0.25, -0.2) is 18.7 Å². The van der Waals surface area contributed by atoms with Crippen molar-refractivity contribution in [2.24, 2.45) is 5.92 Å². The Morgan fingerprint density at radius 1 is 1.18 bits per heavy atom. The molecule has 2 atom stereocenters. The number of halogens is 3. The third kappa shape index (κ3) is 4.73. The van der Waals surface area contributed by atoms with Gasteiger partial charge in [-0.15, -0.1) is 11.3 Å². The van der Waals surface area contributed by atoms with Crippen molar-refractivity contribution in [1.29, 1.82) is 5.26 Å². The normalized spacial score (nSPS) is 18.2. The standard InChI is InChI=1S/C24H20F2N6OS.C5H11F/c1-10-3-4-32(11(10)2)24-30-6-13-14-8-33-9-15(14)17(19(26)20(13)31-24)21-18-12(5-27)23(28)34-22(18)16(25)7-29-21;1-2-3-4-5-6/h6-7,10-11H,3-4,8-9,28H2,1-2H3;2-5H2,1H3. The summed E-state index contributed by atoms with van der Waals surface area (Å²) in [6, 6.07) is 2.27. The van der Waals surface area contributed by atoms with Crippen LogP contribution in [0.5, 0.6) is 0 Å². The highest BCUT2D eigenvalue weighted by Gasteiger charge is 2.32. The number of benzene rings is 1. The summed E-state index contributed by atoms with van der Waals surface area (Å²) in [5.41, 5.74) is 7.98. The molecule has 3 aromatic heterocycles. The van der Waals surface area contributed by atoms with Crippen molar-refractivity contribution in [3.8, 4) is 17.3 Å². The molecule has 2 unspecified atom stereocenters. The van der Waals surface area contributed by atoms with Crippen LogP contribution in [0.25, 0.3) is 32.2 Å². The minimum atomic E-state index is -0.604. The summed E-state index contributed by atoms with van der Waals surface area (Å²) in [5, 5.41) is 10.7. The lowest BCUT2D eigenvalue weighted by molar-refractivity contribution is 0.135. The fourth-order valence-corrected chi connectivity index (χ4v) is 6.32. The molecule has 7 nitrogen and oxygen atoms in total. The number of hydrogen-bond donors (Lipinski definition) is 1. The summed E-state index contributed by atoms with van der Waals surface area (Å²) in [6.07, 6.45) is 6.61. The molecule has 0 aliphatic carbocycles. The molecule has 4 aromatic rings. The number of ether oxygens (including phenoxy) is 1. The van der Waals surface area contributed by atoms with Gasteiger partial charge in [0.05, 0.1) is 42.0 Å². The molecule has 6 rings (SSSR count). The molecule has 1 fully saturated rings. The second-order valence-electron chi connectivity index (χ2n) is 10.3. The van der Waals surface area contributed by atoms with Gasteiger partial charge < -0.3 is 15.4 Å². The van der Waals surface area contributed by atoms with E-state index in [0.717, 1.165) is 55.3 Å². The van der Waals surface area contributed by atoms with Crippen molar-refractivity contribution >= 4 is 43.3 Å². The number of nitrogen functional groups attached to an aromatic ring is 1. The third-order valence-corrected chi connectivity index (χ3v) is 8.89. The Hall–Kier alpha value is -3.49. The highest BCUT2D eigenvalue weighted by atomic mass is 32.1. The molecule has 0 bridgehead atoms. The van der Waals surface area contributed by atoms with E-state index in [2.05, 4.69) is 40.6 Å². The molecular formula is C29H31F3N6OS. The summed E-state index contributed by atoms with van der Waals surface area (Å²) < 4.78 is 47.9. The quantitative estimate of drug-likeness (QED) is 0.258. The highest BCUT2D eigenvalue weighted by molar-refractivity contribution is 7.23. The van der Waals surface area contributed by atoms with E-state index in [9.17, 15) is 14.0 Å². The maximum atomic E-state index is 16.3. The molecule has 0 saturated carbocycles. The Labute approximate surface area is 234 Å². The predicted molar refractivity (Wildman–Crippen MR) is 152 cm³/mol. The fourth-order valence-electron chi connectivity index (χ4n) is 5.40. The van der Waals surface area contributed by atoms with E-state index < -0.39 is 11.6 Å². The lowest BCUT2D eigenvalue weighted by Crippen LogP contribution is -2.30. The van der Waals surface area contributed by atoms with Gasteiger partial charge in [-0.3, -0.25) is 9.37 Å². The first kappa shape index (κ1) is 28.1. The zero-order valence-electron chi connectivity index (χ0n) is 22.7. The number of pyridine rings is 1. The van der Waals surface area contributed by atoms with Crippen LogP contribution >= 0.6 is 11.3 Å². The third-order valence-electron chi connectivity index (χ3n) is 7.87. The fraction of sp³-hybridized carbons (Fsp3) is 0.448. The highest BCUT2D eigenvalue weighted by Crippen LogP contribution is 2.45. The van der Waals surface area contributed by atoms with E-state index in [1.165, 1.54) is 0 Å². The number of nitrogens with zero attached hydrogens (tertiary/aromatic N) is 5. The minimum Gasteiger partial charge on any atom is -0.389 e. The number of alkyl halides is 1. The Morgan fingerprint density at radius 2 is 1.95 bits per heavy atom. The summed E-state index contributed by atoms with van der Waals surface area (Å²) in [4.78, 5) is 15.5. The van der Waals surface area contributed by atoms with Crippen molar-refractivity contribution in [2.45, 2.75) is 65.7 Å². The first-order chi connectivity index (χ1) is 19.3. The van der Waals surface area contributed by atoms with Gasteiger partial charge in [0.1, 0.15) is 16.6 Å². The SMILES string of the molecule is CC1CCN(c2ncc3c4c(c(-c5ncc(F)c6sc(N)c(C#N)c56)c(F)c3n2)COC4)C1C.CCCCCF. The Balaban J connectivity index is 0.000000487. The Kier molecular flexibility index (Phi) is 8.10. The molecule has 0 amide bonds. The van der Waals surface area contributed by atoms with Crippen LogP contribution in [-0.4, -0.2) is 34.2 Å². The molecule has 2 N–H and O–H groups in total. The van der Waals surface area contributed by atoms with Crippen LogP contribution in [0.4, 0.5) is 24.1 Å². The minimum absolute atomic E-state index is 0.0948. The number of fused-ring (bicyclic) bond motifs is 4. The van der Waals surface area contributed by atoms with Crippen molar-refractivity contribution < 1.29 is 17.9 Å². The largest absolute Gasteiger partial charge is 0.389 e. The summed E-state index contributed by atoms with van der Waals surface area (Å²) in [6.45, 7) is 7.47. The Bertz CT molecular complexity index is 1610. The molecule has 210 valence electrons. The average Bonchev–Trinajstić information content (AvgIpc) is 3.66. The zero-order valence-corrected chi connectivity index (χ0v) is 23.5. The molecule has 0 radical (unpaired) electrons. The van der Waals surface area contributed by atoms with Crippen LogP contribution in [0.3, 0.4) is 0 Å².